The zero-order valence-corrected chi connectivity index (χ0v) is 18.1. The first kappa shape index (κ1) is 22.0. The Kier molecular flexibility index (Phi) is 6.27. The lowest BCUT2D eigenvalue weighted by molar-refractivity contribution is 0.0686. The smallest absolute Gasteiger partial charge is 0.337 e. The molecule has 2 aromatic carbocycles. The molecular formula is C20H22N2O6S2. The molecule has 1 heterocycles. The summed E-state index contributed by atoms with van der Waals surface area (Å²) in [6.45, 7) is 4.66. The molecule has 0 aliphatic carbocycles. The lowest BCUT2D eigenvalue weighted by Crippen LogP contribution is -2.33. The fraction of sp³-hybridized carbons (Fsp3) is 0.300. The van der Waals surface area contributed by atoms with Crippen LogP contribution in [0.4, 0.5) is 11.4 Å². The highest BCUT2D eigenvalue weighted by molar-refractivity contribution is 7.99. The lowest BCUT2D eigenvalue weighted by Gasteiger charge is -2.29. The van der Waals surface area contributed by atoms with Crippen molar-refractivity contribution in [1.82, 2.24) is 0 Å². The number of benzene rings is 2. The number of carboxylic acids is 2. The number of carbonyl (C=O) groups is 2. The van der Waals surface area contributed by atoms with Crippen molar-refractivity contribution in [3.63, 3.8) is 0 Å². The van der Waals surface area contributed by atoms with Crippen LogP contribution in [-0.2, 0) is 10.0 Å². The van der Waals surface area contributed by atoms with E-state index in [4.69, 9.17) is 0 Å². The minimum atomic E-state index is -4.13. The normalized spacial score (nSPS) is 14.4. The highest BCUT2D eigenvalue weighted by atomic mass is 32.2. The highest BCUT2D eigenvalue weighted by Crippen LogP contribution is 2.29. The molecule has 30 heavy (non-hydrogen) atoms. The number of aromatic carboxylic acids is 2. The Bertz CT molecular complexity index is 1110. The van der Waals surface area contributed by atoms with Gasteiger partial charge in [-0.05, 0) is 55.3 Å². The van der Waals surface area contributed by atoms with Crippen LogP contribution in [0.15, 0.2) is 35.2 Å². The van der Waals surface area contributed by atoms with Gasteiger partial charge in [-0.3, -0.25) is 4.72 Å². The topological polar surface area (TPSA) is 124 Å². The van der Waals surface area contributed by atoms with Gasteiger partial charge in [0.25, 0.3) is 10.0 Å². The molecule has 0 saturated carbocycles. The predicted octanol–water partition coefficient (Wildman–Crippen LogP) is 3.05. The van der Waals surface area contributed by atoms with Gasteiger partial charge in [-0.25, -0.2) is 18.0 Å². The molecule has 0 unspecified atom stereocenters. The number of anilines is 2. The molecule has 0 aromatic heterocycles. The molecule has 0 spiro atoms. The van der Waals surface area contributed by atoms with Gasteiger partial charge in [0.05, 0.1) is 21.7 Å². The van der Waals surface area contributed by atoms with Gasteiger partial charge in [-0.2, -0.15) is 11.8 Å². The monoisotopic (exact) mass is 450 g/mol. The minimum Gasteiger partial charge on any atom is -0.478 e. The van der Waals surface area contributed by atoms with E-state index in [0.29, 0.717) is 16.8 Å². The first-order chi connectivity index (χ1) is 14.1. The van der Waals surface area contributed by atoms with Gasteiger partial charge in [0.15, 0.2) is 0 Å². The van der Waals surface area contributed by atoms with Crippen LogP contribution in [0, 0.1) is 13.8 Å². The summed E-state index contributed by atoms with van der Waals surface area (Å²) in [5, 5.41) is 18.9. The maximum Gasteiger partial charge on any atom is 0.337 e. The summed E-state index contributed by atoms with van der Waals surface area (Å²) in [4.78, 5) is 24.9. The zero-order valence-electron chi connectivity index (χ0n) is 16.5. The van der Waals surface area contributed by atoms with E-state index in [1.807, 2.05) is 4.90 Å². The Hall–Kier alpha value is -2.72. The molecule has 0 bridgehead atoms. The van der Waals surface area contributed by atoms with Crippen molar-refractivity contribution in [2.75, 3.05) is 34.2 Å². The third-order valence-corrected chi connectivity index (χ3v) is 7.44. The van der Waals surface area contributed by atoms with Crippen LogP contribution >= 0.6 is 11.8 Å². The molecule has 3 rings (SSSR count). The number of hydrogen-bond acceptors (Lipinski definition) is 6. The number of hydrogen-bond donors (Lipinski definition) is 3. The molecule has 2 aromatic rings. The second-order valence-corrected chi connectivity index (χ2v) is 9.84. The van der Waals surface area contributed by atoms with E-state index >= 15 is 0 Å². The summed E-state index contributed by atoms with van der Waals surface area (Å²) < 4.78 is 28.3. The average Bonchev–Trinajstić information content (AvgIpc) is 2.69. The summed E-state index contributed by atoms with van der Waals surface area (Å²) in [5.74, 6) is -0.589. The van der Waals surface area contributed by atoms with Crippen molar-refractivity contribution in [2.45, 2.75) is 18.7 Å². The van der Waals surface area contributed by atoms with Gasteiger partial charge in [0.1, 0.15) is 0 Å². The molecule has 0 amide bonds. The minimum absolute atomic E-state index is 0.00860. The average molecular weight is 451 g/mol. The molecule has 3 N–H and O–H groups in total. The number of carboxylic acid groups (broad SMARTS) is 2. The van der Waals surface area contributed by atoms with Crippen LogP contribution in [0.3, 0.4) is 0 Å². The van der Waals surface area contributed by atoms with E-state index in [9.17, 15) is 28.2 Å². The summed E-state index contributed by atoms with van der Waals surface area (Å²) in [6, 6.07) is 6.92. The number of nitrogens with one attached hydrogen (secondary N) is 1. The maximum absolute atomic E-state index is 13.0. The van der Waals surface area contributed by atoms with Gasteiger partial charge < -0.3 is 15.1 Å². The molecule has 1 fully saturated rings. The fourth-order valence-electron chi connectivity index (χ4n) is 3.29. The lowest BCUT2D eigenvalue weighted by atomic mass is 10.1. The van der Waals surface area contributed by atoms with E-state index in [-0.39, 0.29) is 21.7 Å². The first-order valence-corrected chi connectivity index (χ1v) is 11.8. The summed E-state index contributed by atoms with van der Waals surface area (Å²) in [5.41, 5.74) is 1.47. The summed E-state index contributed by atoms with van der Waals surface area (Å²) in [6.07, 6.45) is 0. The van der Waals surface area contributed by atoms with E-state index in [0.717, 1.165) is 30.7 Å². The molecule has 1 aliphatic rings. The summed E-state index contributed by atoms with van der Waals surface area (Å²) in [7, 11) is -4.13. The Morgan fingerprint density at radius 1 is 1.03 bits per heavy atom. The van der Waals surface area contributed by atoms with Gasteiger partial charge >= 0.3 is 11.9 Å². The van der Waals surface area contributed by atoms with Crippen LogP contribution in [0.2, 0.25) is 0 Å². The Morgan fingerprint density at radius 2 is 1.70 bits per heavy atom. The first-order valence-electron chi connectivity index (χ1n) is 9.17. The van der Waals surface area contributed by atoms with Crippen molar-refractivity contribution in [3.05, 3.63) is 52.6 Å². The Morgan fingerprint density at radius 3 is 2.30 bits per heavy atom. The van der Waals surface area contributed by atoms with Crippen LogP contribution in [0.25, 0.3) is 0 Å². The predicted molar refractivity (Wildman–Crippen MR) is 117 cm³/mol. The zero-order chi connectivity index (χ0) is 22.1. The van der Waals surface area contributed by atoms with Crippen LogP contribution in [0.1, 0.15) is 31.8 Å². The third kappa shape index (κ3) is 4.54. The molecule has 160 valence electrons. The SMILES string of the molecule is Cc1cc(C(=O)O)cc(S(=O)(=O)Nc2ccc(N3CCSCC3)c(C(=O)O)c2)c1C. The largest absolute Gasteiger partial charge is 0.478 e. The molecule has 0 radical (unpaired) electrons. The van der Waals surface area contributed by atoms with E-state index in [2.05, 4.69) is 4.72 Å². The number of rotatable bonds is 6. The molecular weight excluding hydrogens is 428 g/mol. The molecule has 10 heteroatoms. The highest BCUT2D eigenvalue weighted by Gasteiger charge is 2.23. The van der Waals surface area contributed by atoms with Crippen LogP contribution < -0.4 is 9.62 Å². The number of aryl methyl sites for hydroxylation is 1. The van der Waals surface area contributed by atoms with E-state index < -0.39 is 22.0 Å². The molecule has 1 saturated heterocycles. The van der Waals surface area contributed by atoms with Gasteiger partial charge in [0.2, 0.25) is 0 Å². The maximum atomic E-state index is 13.0. The van der Waals surface area contributed by atoms with Gasteiger partial charge in [-0.1, -0.05) is 0 Å². The quantitative estimate of drug-likeness (QED) is 0.613. The van der Waals surface area contributed by atoms with Crippen molar-refractivity contribution >= 4 is 45.1 Å². The van der Waals surface area contributed by atoms with Gasteiger partial charge in [0, 0.05) is 30.3 Å². The van der Waals surface area contributed by atoms with Crippen molar-refractivity contribution in [2.24, 2.45) is 0 Å². The molecule has 1 aliphatic heterocycles. The Labute approximate surface area is 179 Å². The van der Waals surface area contributed by atoms with Gasteiger partial charge in [-0.15, -0.1) is 0 Å². The summed E-state index contributed by atoms with van der Waals surface area (Å²) >= 11 is 1.80. The standard InChI is InChI=1S/C20H22N2O6S2/c1-12-9-14(19(23)24)10-18(13(12)2)30(27,28)21-15-3-4-17(16(11-15)20(25)26)22-5-7-29-8-6-22/h3-4,9-11,21H,5-8H2,1-2H3,(H,23,24)(H,25,26). The second-order valence-electron chi connectivity index (χ2n) is 6.96. The number of thioether (sulfide) groups is 1. The second kappa shape index (κ2) is 8.57. The molecule has 8 nitrogen and oxygen atoms in total. The van der Waals surface area contributed by atoms with Crippen LogP contribution in [-0.4, -0.2) is 55.2 Å². The number of nitrogens with zero attached hydrogens (tertiary/aromatic N) is 1. The van der Waals surface area contributed by atoms with E-state index in [1.54, 1.807) is 31.7 Å². The van der Waals surface area contributed by atoms with Crippen molar-refractivity contribution in [3.8, 4) is 0 Å². The fourth-order valence-corrected chi connectivity index (χ4v) is 5.59. The van der Waals surface area contributed by atoms with Crippen molar-refractivity contribution < 1.29 is 28.2 Å². The van der Waals surface area contributed by atoms with Crippen molar-refractivity contribution in [1.29, 1.82) is 0 Å². The van der Waals surface area contributed by atoms with E-state index in [1.165, 1.54) is 18.2 Å². The number of sulfonamides is 1. The Balaban J connectivity index is 1.98. The van der Waals surface area contributed by atoms with Crippen LogP contribution in [0.5, 0.6) is 0 Å². The molecule has 0 atom stereocenters. The third-order valence-electron chi connectivity index (χ3n) is 4.99.